The third-order valence-electron chi connectivity index (χ3n) is 2.54. The highest BCUT2D eigenvalue weighted by molar-refractivity contribution is 6.77. The van der Waals surface area contributed by atoms with Gasteiger partial charge in [0.1, 0.15) is 0 Å². The molecular weight excluding hydrogens is 218 g/mol. The molecule has 16 heavy (non-hydrogen) atoms. The topological polar surface area (TPSA) is 52.3 Å². The van der Waals surface area contributed by atoms with Crippen LogP contribution >= 0.6 is 0 Å². The minimum atomic E-state index is -1.47. The van der Waals surface area contributed by atoms with Crippen molar-refractivity contribution in [3.8, 4) is 0 Å². The van der Waals surface area contributed by atoms with Crippen LogP contribution in [0.2, 0.25) is 19.1 Å². The molecule has 0 atom stereocenters. The molecule has 0 aliphatic heterocycles. The highest BCUT2D eigenvalue weighted by Gasteiger charge is 2.22. The van der Waals surface area contributed by atoms with Gasteiger partial charge < -0.3 is 10.5 Å². The zero-order chi connectivity index (χ0) is 12.0. The first-order valence-electron chi connectivity index (χ1n) is 5.46. The van der Waals surface area contributed by atoms with Crippen LogP contribution in [0.4, 0.5) is 4.79 Å². The second kappa shape index (κ2) is 5.70. The molecule has 0 bridgehead atoms. The summed E-state index contributed by atoms with van der Waals surface area (Å²) in [5, 5.41) is 0. The summed E-state index contributed by atoms with van der Waals surface area (Å²) in [7, 11) is -1.47. The van der Waals surface area contributed by atoms with E-state index in [1.54, 1.807) is 0 Å². The van der Waals surface area contributed by atoms with E-state index in [4.69, 9.17) is 10.5 Å². The van der Waals surface area contributed by atoms with Crippen molar-refractivity contribution in [2.75, 3.05) is 6.23 Å². The van der Waals surface area contributed by atoms with Crippen LogP contribution in [0.25, 0.3) is 0 Å². The Hall–Kier alpha value is -1.29. The summed E-state index contributed by atoms with van der Waals surface area (Å²) in [4.78, 5) is 10.5. The lowest BCUT2D eigenvalue weighted by Crippen LogP contribution is -2.35. The van der Waals surface area contributed by atoms with Crippen LogP contribution in [0.5, 0.6) is 0 Å². The van der Waals surface area contributed by atoms with Crippen LogP contribution in [0.1, 0.15) is 5.56 Å². The predicted octanol–water partition coefficient (Wildman–Crippen LogP) is 2.57. The molecule has 1 aromatic rings. The Labute approximate surface area is 97.6 Å². The van der Waals surface area contributed by atoms with Gasteiger partial charge in [0.05, 0.1) is 14.3 Å². The maximum Gasteiger partial charge on any atom is 0.404 e. The van der Waals surface area contributed by atoms with Crippen molar-refractivity contribution >= 4 is 14.2 Å². The van der Waals surface area contributed by atoms with Crippen molar-refractivity contribution < 1.29 is 9.53 Å². The number of carbonyl (C=O) groups excluding carboxylic acids is 1. The Balaban J connectivity index is 2.38. The van der Waals surface area contributed by atoms with Gasteiger partial charge in [-0.25, -0.2) is 4.79 Å². The van der Waals surface area contributed by atoms with Crippen molar-refractivity contribution in [3.63, 3.8) is 0 Å². The van der Waals surface area contributed by atoms with Gasteiger partial charge in [-0.15, -0.1) is 0 Å². The van der Waals surface area contributed by atoms with E-state index in [-0.39, 0.29) is 0 Å². The Morgan fingerprint density at radius 3 is 2.50 bits per heavy atom. The average molecular weight is 237 g/mol. The zero-order valence-corrected chi connectivity index (χ0v) is 10.9. The fraction of sp³-hybridized carbons (Fsp3) is 0.417. The minimum absolute atomic E-state index is 0.509. The monoisotopic (exact) mass is 237 g/mol. The van der Waals surface area contributed by atoms with Gasteiger partial charge in [-0.2, -0.15) is 0 Å². The van der Waals surface area contributed by atoms with E-state index in [0.717, 1.165) is 12.5 Å². The van der Waals surface area contributed by atoms with Crippen molar-refractivity contribution in [3.05, 3.63) is 35.9 Å². The fourth-order valence-electron chi connectivity index (χ4n) is 1.47. The number of nitrogens with two attached hydrogens (primary N) is 1. The molecule has 0 aliphatic rings. The summed E-state index contributed by atoms with van der Waals surface area (Å²) in [6.45, 7) is 4.41. The molecule has 4 heteroatoms. The second-order valence-corrected chi connectivity index (χ2v) is 9.87. The van der Waals surface area contributed by atoms with E-state index < -0.39 is 14.2 Å². The minimum Gasteiger partial charge on any atom is -0.453 e. The number of benzene rings is 1. The maximum absolute atomic E-state index is 10.5. The van der Waals surface area contributed by atoms with Crippen LogP contribution in [0, 0.1) is 0 Å². The number of primary amides is 1. The molecular formula is C12H19NO2Si. The lowest BCUT2D eigenvalue weighted by molar-refractivity contribution is 0.173. The molecule has 2 N–H and O–H groups in total. The molecule has 3 nitrogen and oxygen atoms in total. The van der Waals surface area contributed by atoms with E-state index in [2.05, 4.69) is 25.2 Å². The SMILES string of the molecule is C[Si](C)(CCc1ccccc1)COC(N)=O. The lowest BCUT2D eigenvalue weighted by atomic mass is 10.2. The molecule has 0 saturated carbocycles. The average Bonchev–Trinajstić information content (AvgIpc) is 2.26. The molecule has 0 saturated heterocycles. The molecule has 0 aromatic heterocycles. The van der Waals surface area contributed by atoms with Gasteiger partial charge in [-0.3, -0.25) is 0 Å². The molecule has 0 aliphatic carbocycles. The van der Waals surface area contributed by atoms with E-state index in [1.165, 1.54) is 5.56 Å². The summed E-state index contributed by atoms with van der Waals surface area (Å²) < 4.78 is 4.90. The standard InChI is InChI=1S/C12H19NO2Si/c1-16(2,10-15-12(13)14)9-8-11-6-4-3-5-7-11/h3-7H,8-10H2,1-2H3,(H2,13,14). The Bertz CT molecular complexity index is 338. The van der Waals surface area contributed by atoms with Crippen molar-refractivity contribution in [2.45, 2.75) is 25.6 Å². The Morgan fingerprint density at radius 1 is 1.31 bits per heavy atom. The number of ether oxygens (including phenoxy) is 1. The van der Waals surface area contributed by atoms with Gasteiger partial charge in [-0.05, 0) is 12.0 Å². The van der Waals surface area contributed by atoms with E-state index in [1.807, 2.05) is 18.2 Å². The van der Waals surface area contributed by atoms with Gasteiger partial charge in [0.25, 0.3) is 0 Å². The first-order chi connectivity index (χ1) is 7.49. The van der Waals surface area contributed by atoms with Gasteiger partial charge >= 0.3 is 6.09 Å². The summed E-state index contributed by atoms with van der Waals surface area (Å²) >= 11 is 0. The summed E-state index contributed by atoms with van der Waals surface area (Å²) in [6, 6.07) is 11.5. The highest BCUT2D eigenvalue weighted by atomic mass is 28.3. The third-order valence-corrected chi connectivity index (χ3v) is 5.07. The lowest BCUT2D eigenvalue weighted by Gasteiger charge is -2.21. The molecule has 0 unspecified atom stereocenters. The quantitative estimate of drug-likeness (QED) is 0.800. The van der Waals surface area contributed by atoms with E-state index >= 15 is 0 Å². The largest absolute Gasteiger partial charge is 0.453 e. The summed E-state index contributed by atoms with van der Waals surface area (Å²) in [5.74, 6) is 0. The number of hydrogen-bond donors (Lipinski definition) is 1. The molecule has 88 valence electrons. The maximum atomic E-state index is 10.5. The Morgan fingerprint density at radius 2 is 1.94 bits per heavy atom. The highest BCUT2D eigenvalue weighted by Crippen LogP contribution is 2.14. The molecule has 0 radical (unpaired) electrons. The van der Waals surface area contributed by atoms with E-state index in [9.17, 15) is 4.79 Å². The van der Waals surface area contributed by atoms with Gasteiger partial charge in [-0.1, -0.05) is 49.5 Å². The molecule has 1 amide bonds. The van der Waals surface area contributed by atoms with E-state index in [0.29, 0.717) is 6.23 Å². The Kier molecular flexibility index (Phi) is 4.55. The first-order valence-corrected chi connectivity index (χ1v) is 8.87. The van der Waals surface area contributed by atoms with Crippen molar-refractivity contribution in [2.24, 2.45) is 5.73 Å². The van der Waals surface area contributed by atoms with Crippen LogP contribution in [-0.4, -0.2) is 20.4 Å². The number of aryl methyl sites for hydroxylation is 1. The van der Waals surface area contributed by atoms with Gasteiger partial charge in [0.2, 0.25) is 0 Å². The second-order valence-electron chi connectivity index (χ2n) is 4.76. The normalized spacial score (nSPS) is 11.1. The van der Waals surface area contributed by atoms with Gasteiger partial charge in [0.15, 0.2) is 0 Å². The first kappa shape index (κ1) is 12.8. The number of rotatable bonds is 5. The molecule has 1 aromatic carbocycles. The number of carbonyl (C=O) groups is 1. The molecule has 0 heterocycles. The molecule has 1 rings (SSSR count). The number of amides is 1. The third kappa shape index (κ3) is 4.98. The smallest absolute Gasteiger partial charge is 0.404 e. The van der Waals surface area contributed by atoms with Crippen molar-refractivity contribution in [1.82, 2.24) is 0 Å². The summed E-state index contributed by atoms with van der Waals surface area (Å²) in [6.07, 6.45) is 0.887. The predicted molar refractivity (Wildman–Crippen MR) is 68.0 cm³/mol. The fourth-order valence-corrected chi connectivity index (χ4v) is 3.11. The van der Waals surface area contributed by atoms with Gasteiger partial charge in [0, 0.05) is 0 Å². The zero-order valence-electron chi connectivity index (χ0n) is 9.90. The van der Waals surface area contributed by atoms with Crippen LogP contribution in [0.3, 0.4) is 0 Å². The molecule has 0 fully saturated rings. The summed E-state index contributed by atoms with van der Waals surface area (Å²) in [5.41, 5.74) is 6.30. The van der Waals surface area contributed by atoms with Crippen LogP contribution in [0.15, 0.2) is 30.3 Å². The van der Waals surface area contributed by atoms with Crippen LogP contribution < -0.4 is 5.73 Å². The number of hydrogen-bond acceptors (Lipinski definition) is 2. The van der Waals surface area contributed by atoms with Crippen molar-refractivity contribution in [1.29, 1.82) is 0 Å². The molecule has 0 spiro atoms. The van der Waals surface area contributed by atoms with Crippen LogP contribution in [-0.2, 0) is 11.2 Å².